The molecular weight excluding hydrogens is 254 g/mol. The molecule has 0 aliphatic heterocycles. The largest absolute Gasteiger partial charge is 0.309 e. The standard InChI is InChI=1S/C20H27N/c1-14-11-12-16(15(2)13-14)19(21-6)17-9-7-8-10-18(17)20(3,4)5/h7-13,19,21H,1-6H3. The van der Waals surface area contributed by atoms with Crippen LogP contribution in [0.2, 0.25) is 0 Å². The maximum atomic E-state index is 3.51. The Morgan fingerprint density at radius 2 is 1.57 bits per heavy atom. The van der Waals surface area contributed by atoms with Gasteiger partial charge in [-0.2, -0.15) is 0 Å². The Morgan fingerprint density at radius 3 is 2.14 bits per heavy atom. The molecule has 2 aromatic rings. The first kappa shape index (κ1) is 15.8. The van der Waals surface area contributed by atoms with E-state index in [0.29, 0.717) is 0 Å². The van der Waals surface area contributed by atoms with Gasteiger partial charge in [0, 0.05) is 0 Å². The van der Waals surface area contributed by atoms with Crippen LogP contribution in [0.15, 0.2) is 42.5 Å². The van der Waals surface area contributed by atoms with Gasteiger partial charge in [-0.25, -0.2) is 0 Å². The average Bonchev–Trinajstić information content (AvgIpc) is 2.41. The first-order valence-corrected chi connectivity index (χ1v) is 7.68. The summed E-state index contributed by atoms with van der Waals surface area (Å²) in [6.07, 6.45) is 0. The predicted molar refractivity (Wildman–Crippen MR) is 92.0 cm³/mol. The van der Waals surface area contributed by atoms with Gasteiger partial charge in [-0.1, -0.05) is 68.8 Å². The number of benzene rings is 2. The van der Waals surface area contributed by atoms with Crippen LogP contribution in [0.25, 0.3) is 0 Å². The second-order valence-corrected chi connectivity index (χ2v) is 6.92. The molecule has 1 unspecified atom stereocenters. The van der Waals surface area contributed by atoms with Gasteiger partial charge in [0.25, 0.3) is 0 Å². The highest BCUT2D eigenvalue weighted by molar-refractivity contribution is 5.44. The van der Waals surface area contributed by atoms with Gasteiger partial charge in [-0.15, -0.1) is 0 Å². The van der Waals surface area contributed by atoms with Gasteiger partial charge < -0.3 is 5.32 Å². The van der Waals surface area contributed by atoms with E-state index >= 15 is 0 Å². The zero-order chi connectivity index (χ0) is 15.6. The quantitative estimate of drug-likeness (QED) is 0.843. The van der Waals surface area contributed by atoms with Gasteiger partial charge in [0.05, 0.1) is 6.04 Å². The fourth-order valence-corrected chi connectivity index (χ4v) is 3.06. The number of rotatable bonds is 3. The summed E-state index contributed by atoms with van der Waals surface area (Å²) >= 11 is 0. The topological polar surface area (TPSA) is 12.0 Å². The number of hydrogen-bond donors (Lipinski definition) is 1. The zero-order valence-electron chi connectivity index (χ0n) is 14.1. The molecule has 0 saturated heterocycles. The van der Waals surface area contributed by atoms with E-state index in [0.717, 1.165) is 0 Å². The highest BCUT2D eigenvalue weighted by atomic mass is 14.9. The van der Waals surface area contributed by atoms with E-state index in [-0.39, 0.29) is 11.5 Å². The Labute approximate surface area is 129 Å². The smallest absolute Gasteiger partial charge is 0.0579 e. The van der Waals surface area contributed by atoms with Crippen LogP contribution in [0.5, 0.6) is 0 Å². The highest BCUT2D eigenvalue weighted by Gasteiger charge is 2.23. The lowest BCUT2D eigenvalue weighted by Gasteiger charge is -2.28. The summed E-state index contributed by atoms with van der Waals surface area (Å²) < 4.78 is 0. The molecule has 2 rings (SSSR count). The van der Waals surface area contributed by atoms with Crippen LogP contribution < -0.4 is 5.32 Å². The molecule has 0 aliphatic carbocycles. The third kappa shape index (κ3) is 3.36. The summed E-state index contributed by atoms with van der Waals surface area (Å²) in [5.74, 6) is 0. The molecule has 0 aliphatic rings. The molecule has 112 valence electrons. The third-order valence-electron chi connectivity index (χ3n) is 4.10. The van der Waals surface area contributed by atoms with Crippen molar-refractivity contribution in [1.82, 2.24) is 5.32 Å². The van der Waals surface area contributed by atoms with Crippen LogP contribution >= 0.6 is 0 Å². The molecule has 1 N–H and O–H groups in total. The minimum absolute atomic E-state index is 0.143. The van der Waals surface area contributed by atoms with E-state index in [1.165, 1.54) is 27.8 Å². The molecule has 0 fully saturated rings. The molecule has 21 heavy (non-hydrogen) atoms. The van der Waals surface area contributed by atoms with Crippen molar-refractivity contribution in [2.75, 3.05) is 7.05 Å². The lowest BCUT2D eigenvalue weighted by molar-refractivity contribution is 0.566. The molecule has 2 aromatic carbocycles. The molecule has 0 aromatic heterocycles. The van der Waals surface area contributed by atoms with Crippen molar-refractivity contribution in [3.63, 3.8) is 0 Å². The van der Waals surface area contributed by atoms with Gasteiger partial charge in [0.1, 0.15) is 0 Å². The van der Waals surface area contributed by atoms with Crippen LogP contribution in [0.3, 0.4) is 0 Å². The maximum Gasteiger partial charge on any atom is 0.0579 e. The molecule has 1 heteroatoms. The number of nitrogens with one attached hydrogen (secondary N) is 1. The third-order valence-corrected chi connectivity index (χ3v) is 4.10. The Bertz CT molecular complexity index is 620. The Balaban J connectivity index is 2.57. The predicted octanol–water partition coefficient (Wildman–Crippen LogP) is 4.91. The SMILES string of the molecule is CNC(c1ccc(C)cc1C)c1ccccc1C(C)(C)C. The normalized spacial score (nSPS) is 13.2. The molecule has 0 amide bonds. The van der Waals surface area contributed by atoms with E-state index in [1.807, 2.05) is 7.05 Å². The monoisotopic (exact) mass is 281 g/mol. The van der Waals surface area contributed by atoms with Gasteiger partial charge in [-0.05, 0) is 48.6 Å². The van der Waals surface area contributed by atoms with Crippen molar-refractivity contribution in [3.05, 3.63) is 70.3 Å². The van der Waals surface area contributed by atoms with E-state index in [2.05, 4.69) is 82.4 Å². The molecule has 0 heterocycles. The van der Waals surface area contributed by atoms with Crippen LogP contribution in [-0.2, 0) is 5.41 Å². The summed E-state index contributed by atoms with van der Waals surface area (Å²) in [5.41, 5.74) is 6.95. The van der Waals surface area contributed by atoms with Gasteiger partial charge in [0.15, 0.2) is 0 Å². The second-order valence-electron chi connectivity index (χ2n) is 6.92. The van der Waals surface area contributed by atoms with Crippen LogP contribution in [-0.4, -0.2) is 7.05 Å². The van der Waals surface area contributed by atoms with Crippen molar-refractivity contribution in [2.24, 2.45) is 0 Å². The lowest BCUT2D eigenvalue weighted by atomic mass is 9.80. The fraction of sp³-hybridized carbons (Fsp3) is 0.400. The molecular formula is C20H27N. The Kier molecular flexibility index (Phi) is 4.53. The van der Waals surface area contributed by atoms with Gasteiger partial charge >= 0.3 is 0 Å². The lowest BCUT2D eigenvalue weighted by Crippen LogP contribution is -2.24. The molecule has 1 atom stereocenters. The van der Waals surface area contributed by atoms with E-state index in [1.54, 1.807) is 0 Å². The molecule has 0 saturated carbocycles. The summed E-state index contributed by atoms with van der Waals surface area (Å²) in [5, 5.41) is 3.51. The van der Waals surface area contributed by atoms with E-state index < -0.39 is 0 Å². The highest BCUT2D eigenvalue weighted by Crippen LogP contribution is 2.33. The zero-order valence-corrected chi connectivity index (χ0v) is 14.1. The van der Waals surface area contributed by atoms with Crippen LogP contribution in [0, 0.1) is 13.8 Å². The molecule has 0 radical (unpaired) electrons. The average molecular weight is 281 g/mol. The van der Waals surface area contributed by atoms with Crippen molar-refractivity contribution in [3.8, 4) is 0 Å². The maximum absolute atomic E-state index is 3.51. The Morgan fingerprint density at radius 1 is 0.905 bits per heavy atom. The van der Waals surface area contributed by atoms with Crippen molar-refractivity contribution in [2.45, 2.75) is 46.1 Å². The summed E-state index contributed by atoms with van der Waals surface area (Å²) in [6.45, 7) is 11.2. The first-order valence-electron chi connectivity index (χ1n) is 7.68. The summed E-state index contributed by atoms with van der Waals surface area (Å²) in [7, 11) is 2.05. The Hall–Kier alpha value is -1.60. The first-order chi connectivity index (χ1) is 9.84. The van der Waals surface area contributed by atoms with Crippen LogP contribution in [0.4, 0.5) is 0 Å². The number of hydrogen-bond acceptors (Lipinski definition) is 1. The van der Waals surface area contributed by atoms with Gasteiger partial charge in [-0.3, -0.25) is 0 Å². The second kappa shape index (κ2) is 6.03. The minimum atomic E-state index is 0.143. The fourth-order valence-electron chi connectivity index (χ4n) is 3.06. The van der Waals surface area contributed by atoms with Crippen molar-refractivity contribution in [1.29, 1.82) is 0 Å². The summed E-state index contributed by atoms with van der Waals surface area (Å²) in [6, 6.07) is 15.7. The van der Waals surface area contributed by atoms with Crippen molar-refractivity contribution >= 4 is 0 Å². The van der Waals surface area contributed by atoms with Crippen molar-refractivity contribution < 1.29 is 0 Å². The molecule has 1 nitrogen and oxygen atoms in total. The molecule has 0 bridgehead atoms. The summed E-state index contributed by atoms with van der Waals surface area (Å²) in [4.78, 5) is 0. The van der Waals surface area contributed by atoms with Gasteiger partial charge in [0.2, 0.25) is 0 Å². The van der Waals surface area contributed by atoms with E-state index in [9.17, 15) is 0 Å². The number of aryl methyl sites for hydroxylation is 2. The molecule has 0 spiro atoms. The van der Waals surface area contributed by atoms with E-state index in [4.69, 9.17) is 0 Å². The van der Waals surface area contributed by atoms with Crippen LogP contribution in [0.1, 0.15) is 54.6 Å². The minimum Gasteiger partial charge on any atom is -0.309 e.